The van der Waals surface area contributed by atoms with E-state index in [4.69, 9.17) is 0 Å². The zero-order valence-corrected chi connectivity index (χ0v) is 20.2. The monoisotopic (exact) mass is 489 g/mol. The lowest BCUT2D eigenvalue weighted by molar-refractivity contribution is 0.194. The van der Waals surface area contributed by atoms with Crippen molar-refractivity contribution in [3.8, 4) is 5.00 Å². The molecule has 1 unspecified atom stereocenters. The molecule has 2 aromatic heterocycles. The molecule has 0 radical (unpaired) electrons. The zero-order chi connectivity index (χ0) is 24.1. The number of nitrogens with one attached hydrogen (secondary N) is 1. The van der Waals surface area contributed by atoms with E-state index in [1.807, 2.05) is 49.5 Å². The molecular weight excluding hydrogens is 464 g/mol. The molecular formula is C28H25F2N3OS. The second-order valence-corrected chi connectivity index (χ2v) is 10.4. The summed E-state index contributed by atoms with van der Waals surface area (Å²) in [6.07, 6.45) is 6.33. The van der Waals surface area contributed by atoms with Crippen LogP contribution in [0.15, 0.2) is 60.8 Å². The Hall–Kier alpha value is -3.45. The van der Waals surface area contributed by atoms with E-state index >= 15 is 0 Å². The summed E-state index contributed by atoms with van der Waals surface area (Å²) >= 11 is 1.78. The van der Waals surface area contributed by atoms with E-state index < -0.39 is 17.7 Å². The molecule has 0 saturated carbocycles. The molecule has 1 atom stereocenters. The number of hydrogen-bond acceptors (Lipinski definition) is 2. The first-order valence-electron chi connectivity index (χ1n) is 11.9. The van der Waals surface area contributed by atoms with E-state index in [-0.39, 0.29) is 6.03 Å². The predicted octanol–water partition coefficient (Wildman–Crippen LogP) is 7.14. The first kappa shape index (κ1) is 22.0. The number of rotatable bonds is 2. The van der Waals surface area contributed by atoms with Crippen molar-refractivity contribution in [3.63, 3.8) is 0 Å². The Bertz CT molecular complexity index is 1420. The molecule has 2 amide bonds. The third-order valence-corrected chi connectivity index (χ3v) is 8.24. The zero-order valence-electron chi connectivity index (χ0n) is 19.4. The van der Waals surface area contributed by atoms with Crippen LogP contribution in [0.4, 0.5) is 19.3 Å². The smallest absolute Gasteiger partial charge is 0.310 e. The van der Waals surface area contributed by atoms with Crippen molar-refractivity contribution in [1.29, 1.82) is 0 Å². The van der Waals surface area contributed by atoms with E-state index in [9.17, 15) is 13.6 Å². The SMILES string of the molecule is Cc1cccc(NC(=O)N2Cc3c(sc4c3CCCC4)-n3cccc3C2c2cc(F)cc(F)c2)c1. The maximum absolute atomic E-state index is 14.4. The average Bonchev–Trinajstić information content (AvgIpc) is 3.40. The van der Waals surface area contributed by atoms with Gasteiger partial charge in [0, 0.05) is 28.4 Å². The number of carbonyl (C=O) groups is 1. The van der Waals surface area contributed by atoms with E-state index in [1.54, 1.807) is 16.2 Å². The van der Waals surface area contributed by atoms with Crippen molar-refractivity contribution >= 4 is 23.1 Å². The molecule has 6 rings (SSSR count). The molecule has 2 aromatic carbocycles. The van der Waals surface area contributed by atoms with Crippen molar-refractivity contribution in [2.24, 2.45) is 0 Å². The van der Waals surface area contributed by atoms with Crippen LogP contribution in [0.25, 0.3) is 5.00 Å². The summed E-state index contributed by atoms with van der Waals surface area (Å²) in [5.41, 5.74) is 5.41. The second kappa shape index (κ2) is 8.64. The molecule has 1 aliphatic heterocycles. The van der Waals surface area contributed by atoms with Gasteiger partial charge in [0.15, 0.2) is 0 Å². The fraction of sp³-hybridized carbons (Fsp3) is 0.250. The lowest BCUT2D eigenvalue weighted by atomic mass is 9.95. The first-order valence-corrected chi connectivity index (χ1v) is 12.7. The number of thiophene rings is 1. The number of aryl methyl sites for hydroxylation is 2. The van der Waals surface area contributed by atoms with Crippen LogP contribution < -0.4 is 5.32 Å². The van der Waals surface area contributed by atoms with Gasteiger partial charge in [0.2, 0.25) is 0 Å². The van der Waals surface area contributed by atoms with Crippen LogP contribution in [0.2, 0.25) is 0 Å². The number of amides is 2. The van der Waals surface area contributed by atoms with E-state index in [2.05, 4.69) is 9.88 Å². The number of aromatic nitrogens is 1. The highest BCUT2D eigenvalue weighted by Gasteiger charge is 2.36. The normalized spacial score (nSPS) is 16.8. The molecule has 1 N–H and O–H groups in total. The summed E-state index contributed by atoms with van der Waals surface area (Å²) in [6.45, 7) is 2.33. The number of nitrogens with zero attached hydrogens (tertiary/aromatic N) is 2. The Morgan fingerprint density at radius 3 is 2.60 bits per heavy atom. The lowest BCUT2D eigenvalue weighted by Gasteiger charge is -2.31. The minimum Gasteiger partial charge on any atom is -0.310 e. The molecule has 4 aromatic rings. The third-order valence-electron chi connectivity index (χ3n) is 6.91. The van der Waals surface area contributed by atoms with Crippen LogP contribution >= 0.6 is 11.3 Å². The van der Waals surface area contributed by atoms with Crippen LogP contribution in [0.3, 0.4) is 0 Å². The number of fused-ring (bicyclic) bond motifs is 5. The lowest BCUT2D eigenvalue weighted by Crippen LogP contribution is -2.38. The number of carbonyl (C=O) groups excluding carboxylic acids is 1. The quantitative estimate of drug-likeness (QED) is 0.319. The van der Waals surface area contributed by atoms with Gasteiger partial charge < -0.3 is 14.8 Å². The molecule has 2 aliphatic rings. The highest BCUT2D eigenvalue weighted by Crippen LogP contribution is 2.44. The van der Waals surface area contributed by atoms with Gasteiger partial charge in [-0.3, -0.25) is 0 Å². The summed E-state index contributed by atoms with van der Waals surface area (Å²) in [5.74, 6) is -1.32. The minimum atomic E-state index is -0.659. The van der Waals surface area contributed by atoms with Crippen molar-refractivity contribution in [3.05, 3.63) is 105 Å². The number of hydrogen-bond donors (Lipinski definition) is 1. The summed E-state index contributed by atoms with van der Waals surface area (Å²) < 4.78 is 30.8. The maximum Gasteiger partial charge on any atom is 0.322 e. The number of benzene rings is 2. The van der Waals surface area contributed by atoms with Crippen LogP contribution in [-0.2, 0) is 19.4 Å². The molecule has 0 spiro atoms. The summed E-state index contributed by atoms with van der Waals surface area (Å²) in [7, 11) is 0. The number of urea groups is 1. The maximum atomic E-state index is 14.4. The Labute approximate surface area is 206 Å². The standard InChI is InChI=1S/C28H25F2N3OS/c1-17-6-4-7-21(12-17)31-28(34)33-16-23-22-8-2-3-10-25(22)35-27(23)32-11-5-9-24(32)26(33)18-13-19(29)15-20(30)14-18/h4-7,9,11-15,26H,2-3,8,10,16H2,1H3,(H,31,34). The Morgan fingerprint density at radius 2 is 1.80 bits per heavy atom. The Balaban J connectivity index is 1.52. The first-order chi connectivity index (χ1) is 17.0. The number of anilines is 1. The average molecular weight is 490 g/mol. The molecule has 35 heavy (non-hydrogen) atoms. The van der Waals surface area contributed by atoms with Crippen LogP contribution in [0, 0.1) is 18.6 Å². The molecule has 4 nitrogen and oxygen atoms in total. The minimum absolute atomic E-state index is 0.304. The third kappa shape index (κ3) is 3.93. The van der Waals surface area contributed by atoms with Gasteiger partial charge in [-0.1, -0.05) is 12.1 Å². The van der Waals surface area contributed by atoms with Crippen molar-refractivity contribution in [2.75, 3.05) is 5.32 Å². The van der Waals surface area contributed by atoms with Crippen LogP contribution in [0.1, 0.15) is 51.7 Å². The predicted molar refractivity (Wildman–Crippen MR) is 134 cm³/mol. The molecule has 7 heteroatoms. The fourth-order valence-electron chi connectivity index (χ4n) is 5.39. The molecule has 1 aliphatic carbocycles. The topological polar surface area (TPSA) is 37.3 Å². The highest BCUT2D eigenvalue weighted by atomic mass is 32.1. The van der Waals surface area contributed by atoms with Gasteiger partial charge in [-0.15, -0.1) is 11.3 Å². The van der Waals surface area contributed by atoms with Gasteiger partial charge in [0.05, 0.1) is 12.2 Å². The highest BCUT2D eigenvalue weighted by molar-refractivity contribution is 7.15. The van der Waals surface area contributed by atoms with Gasteiger partial charge in [-0.2, -0.15) is 0 Å². The second-order valence-electron chi connectivity index (χ2n) is 9.33. The van der Waals surface area contributed by atoms with Gasteiger partial charge in [0.1, 0.15) is 22.7 Å². The van der Waals surface area contributed by atoms with Gasteiger partial charge in [0.25, 0.3) is 0 Å². The fourth-order valence-corrected chi connectivity index (χ4v) is 6.79. The van der Waals surface area contributed by atoms with E-state index in [0.717, 1.165) is 47.2 Å². The van der Waals surface area contributed by atoms with Gasteiger partial charge in [-0.25, -0.2) is 13.6 Å². The van der Waals surface area contributed by atoms with Crippen LogP contribution in [0.5, 0.6) is 0 Å². The molecule has 0 saturated heterocycles. The Morgan fingerprint density at radius 1 is 1.00 bits per heavy atom. The Kier molecular flexibility index (Phi) is 5.44. The van der Waals surface area contributed by atoms with Crippen LogP contribution in [-0.4, -0.2) is 15.5 Å². The molecule has 0 fully saturated rings. The molecule has 0 bridgehead atoms. The molecule has 178 valence electrons. The van der Waals surface area contributed by atoms with Gasteiger partial charge >= 0.3 is 6.03 Å². The van der Waals surface area contributed by atoms with Crippen molar-refractivity contribution < 1.29 is 13.6 Å². The summed E-state index contributed by atoms with van der Waals surface area (Å²) in [5, 5.41) is 4.13. The van der Waals surface area contributed by atoms with Crippen molar-refractivity contribution in [1.82, 2.24) is 9.47 Å². The summed E-state index contributed by atoms with van der Waals surface area (Å²) in [4.78, 5) is 16.9. The van der Waals surface area contributed by atoms with E-state index in [1.165, 1.54) is 29.0 Å². The van der Waals surface area contributed by atoms with Gasteiger partial charge in [-0.05, 0) is 85.7 Å². The summed E-state index contributed by atoms with van der Waals surface area (Å²) in [6, 6.07) is 14.1. The number of halogens is 2. The van der Waals surface area contributed by atoms with Crippen molar-refractivity contribution in [2.45, 2.75) is 45.2 Å². The van der Waals surface area contributed by atoms with E-state index in [0.29, 0.717) is 17.8 Å². The molecule has 3 heterocycles. The largest absolute Gasteiger partial charge is 0.322 e.